The SMILES string of the molecule is O=C(O)Cn1cccc1C(=O)N1CCCN2CCCC2C1. The molecule has 1 aromatic heterocycles. The number of carbonyl (C=O) groups excluding carboxylic acids is 1. The highest BCUT2D eigenvalue weighted by Gasteiger charge is 2.31. The molecular formula is C15H21N3O3. The molecule has 1 atom stereocenters. The van der Waals surface area contributed by atoms with Gasteiger partial charge in [-0.3, -0.25) is 14.5 Å². The molecule has 2 fully saturated rings. The van der Waals surface area contributed by atoms with Gasteiger partial charge in [0.25, 0.3) is 5.91 Å². The normalized spacial score (nSPS) is 22.9. The fourth-order valence-electron chi connectivity index (χ4n) is 3.44. The van der Waals surface area contributed by atoms with E-state index >= 15 is 0 Å². The number of fused-ring (bicyclic) bond motifs is 1. The van der Waals surface area contributed by atoms with E-state index in [1.54, 1.807) is 18.3 Å². The van der Waals surface area contributed by atoms with Crippen LogP contribution in [0.2, 0.25) is 0 Å². The predicted molar refractivity (Wildman–Crippen MR) is 77.2 cm³/mol. The quantitative estimate of drug-likeness (QED) is 0.898. The summed E-state index contributed by atoms with van der Waals surface area (Å²) < 4.78 is 1.52. The minimum atomic E-state index is -0.932. The lowest BCUT2D eigenvalue weighted by molar-refractivity contribution is -0.137. The molecule has 3 heterocycles. The van der Waals surface area contributed by atoms with Crippen molar-refractivity contribution in [1.29, 1.82) is 0 Å². The molecule has 114 valence electrons. The first kappa shape index (κ1) is 14.1. The molecule has 6 nitrogen and oxygen atoms in total. The molecule has 2 saturated heterocycles. The van der Waals surface area contributed by atoms with E-state index in [-0.39, 0.29) is 12.5 Å². The molecule has 1 unspecified atom stereocenters. The van der Waals surface area contributed by atoms with E-state index in [0.717, 1.165) is 39.0 Å². The third-order valence-corrected chi connectivity index (χ3v) is 4.45. The van der Waals surface area contributed by atoms with Crippen molar-refractivity contribution in [3.8, 4) is 0 Å². The van der Waals surface area contributed by atoms with Gasteiger partial charge in [0.05, 0.1) is 0 Å². The van der Waals surface area contributed by atoms with Gasteiger partial charge in [-0.25, -0.2) is 0 Å². The number of hydrogen-bond acceptors (Lipinski definition) is 3. The van der Waals surface area contributed by atoms with Crippen LogP contribution in [0.25, 0.3) is 0 Å². The Morgan fingerprint density at radius 2 is 2.05 bits per heavy atom. The maximum atomic E-state index is 12.7. The van der Waals surface area contributed by atoms with Crippen molar-refractivity contribution in [3.63, 3.8) is 0 Å². The minimum Gasteiger partial charge on any atom is -0.480 e. The Kier molecular flexibility index (Phi) is 3.96. The van der Waals surface area contributed by atoms with Crippen molar-refractivity contribution in [2.75, 3.05) is 26.2 Å². The second-order valence-electron chi connectivity index (χ2n) is 5.85. The van der Waals surface area contributed by atoms with E-state index in [1.807, 2.05) is 4.90 Å². The third kappa shape index (κ3) is 2.95. The number of amides is 1. The van der Waals surface area contributed by atoms with E-state index in [4.69, 9.17) is 5.11 Å². The van der Waals surface area contributed by atoms with E-state index in [0.29, 0.717) is 11.7 Å². The van der Waals surface area contributed by atoms with Crippen LogP contribution in [0.1, 0.15) is 29.8 Å². The van der Waals surface area contributed by atoms with Gasteiger partial charge in [0.1, 0.15) is 12.2 Å². The summed E-state index contributed by atoms with van der Waals surface area (Å²) in [6.45, 7) is 3.55. The summed E-state index contributed by atoms with van der Waals surface area (Å²) >= 11 is 0. The van der Waals surface area contributed by atoms with Gasteiger partial charge in [0, 0.05) is 31.9 Å². The second kappa shape index (κ2) is 5.89. The molecule has 3 rings (SSSR count). The molecule has 0 saturated carbocycles. The number of carboxylic acids is 1. The highest BCUT2D eigenvalue weighted by atomic mass is 16.4. The maximum Gasteiger partial charge on any atom is 0.323 e. The van der Waals surface area contributed by atoms with Crippen molar-refractivity contribution in [2.45, 2.75) is 31.8 Å². The topological polar surface area (TPSA) is 65.8 Å². The van der Waals surface area contributed by atoms with Crippen LogP contribution < -0.4 is 0 Å². The number of carboxylic acid groups (broad SMARTS) is 1. The van der Waals surface area contributed by atoms with E-state index < -0.39 is 5.97 Å². The lowest BCUT2D eigenvalue weighted by Crippen LogP contribution is -2.40. The molecule has 2 aliphatic rings. The molecule has 1 N–H and O–H groups in total. The van der Waals surface area contributed by atoms with Crippen LogP contribution in [-0.2, 0) is 11.3 Å². The molecule has 2 aliphatic heterocycles. The van der Waals surface area contributed by atoms with Gasteiger partial charge in [-0.1, -0.05) is 0 Å². The second-order valence-corrected chi connectivity index (χ2v) is 5.85. The summed E-state index contributed by atoms with van der Waals surface area (Å²) in [6, 6.07) is 3.91. The molecular weight excluding hydrogens is 270 g/mol. The van der Waals surface area contributed by atoms with Gasteiger partial charge in [-0.2, -0.15) is 0 Å². The van der Waals surface area contributed by atoms with E-state index in [1.165, 1.54) is 11.0 Å². The lowest BCUT2D eigenvalue weighted by atomic mass is 10.2. The predicted octanol–water partition coefficient (Wildman–Crippen LogP) is 0.883. The fraction of sp³-hybridized carbons (Fsp3) is 0.600. The van der Waals surface area contributed by atoms with Crippen LogP contribution in [0.3, 0.4) is 0 Å². The Hall–Kier alpha value is -1.82. The number of hydrogen-bond donors (Lipinski definition) is 1. The number of rotatable bonds is 3. The summed E-state index contributed by atoms with van der Waals surface area (Å²) in [7, 11) is 0. The molecule has 21 heavy (non-hydrogen) atoms. The average Bonchev–Trinajstić information content (AvgIpc) is 3.02. The van der Waals surface area contributed by atoms with Gasteiger partial charge in [0.15, 0.2) is 0 Å². The number of nitrogens with zero attached hydrogens (tertiary/aromatic N) is 3. The minimum absolute atomic E-state index is 0.0463. The van der Waals surface area contributed by atoms with Crippen LogP contribution >= 0.6 is 0 Å². The smallest absolute Gasteiger partial charge is 0.323 e. The zero-order valence-corrected chi connectivity index (χ0v) is 12.1. The third-order valence-electron chi connectivity index (χ3n) is 4.45. The molecule has 0 radical (unpaired) electrons. The van der Waals surface area contributed by atoms with E-state index in [9.17, 15) is 9.59 Å². The Morgan fingerprint density at radius 1 is 1.24 bits per heavy atom. The lowest BCUT2D eigenvalue weighted by Gasteiger charge is -2.26. The highest BCUT2D eigenvalue weighted by Crippen LogP contribution is 2.22. The van der Waals surface area contributed by atoms with Crippen molar-refractivity contribution in [3.05, 3.63) is 24.0 Å². The monoisotopic (exact) mass is 291 g/mol. The number of carbonyl (C=O) groups is 2. The number of aromatic nitrogens is 1. The van der Waals surface area contributed by atoms with Gasteiger partial charge in [0.2, 0.25) is 0 Å². The summed E-state index contributed by atoms with van der Waals surface area (Å²) in [5.41, 5.74) is 0.476. The van der Waals surface area contributed by atoms with Crippen LogP contribution in [0.15, 0.2) is 18.3 Å². The Morgan fingerprint density at radius 3 is 2.86 bits per heavy atom. The fourth-order valence-corrected chi connectivity index (χ4v) is 3.44. The molecule has 1 amide bonds. The molecule has 6 heteroatoms. The summed E-state index contributed by atoms with van der Waals surface area (Å²) in [5.74, 6) is -0.979. The van der Waals surface area contributed by atoms with Crippen LogP contribution in [0.5, 0.6) is 0 Å². The molecule has 0 bridgehead atoms. The molecule has 0 aromatic carbocycles. The van der Waals surface area contributed by atoms with Gasteiger partial charge >= 0.3 is 5.97 Å². The maximum absolute atomic E-state index is 12.7. The summed E-state index contributed by atoms with van der Waals surface area (Å²) in [6.07, 6.45) is 5.00. The van der Waals surface area contributed by atoms with E-state index in [2.05, 4.69) is 4.90 Å². The standard InChI is InChI=1S/C15H21N3O3/c19-14(20)11-17-7-2-5-13(17)15(21)18-9-3-8-16-6-1-4-12(16)10-18/h2,5,7,12H,1,3-4,6,8-11H2,(H,19,20). The average molecular weight is 291 g/mol. The largest absolute Gasteiger partial charge is 0.480 e. The van der Waals surface area contributed by atoms with Crippen LogP contribution in [0, 0.1) is 0 Å². The summed E-state index contributed by atoms with van der Waals surface area (Å²) in [5, 5.41) is 8.92. The van der Waals surface area contributed by atoms with Crippen molar-refractivity contribution < 1.29 is 14.7 Å². The van der Waals surface area contributed by atoms with Crippen molar-refractivity contribution in [2.24, 2.45) is 0 Å². The zero-order chi connectivity index (χ0) is 14.8. The van der Waals surface area contributed by atoms with Gasteiger partial charge < -0.3 is 14.6 Å². The molecule has 1 aromatic rings. The molecule has 0 aliphatic carbocycles. The van der Waals surface area contributed by atoms with Crippen LogP contribution in [-0.4, -0.2) is 63.6 Å². The van der Waals surface area contributed by atoms with Crippen LogP contribution in [0.4, 0.5) is 0 Å². The Labute approximate surface area is 123 Å². The first-order chi connectivity index (χ1) is 10.1. The summed E-state index contributed by atoms with van der Waals surface area (Å²) in [4.78, 5) is 27.9. The van der Waals surface area contributed by atoms with Crippen molar-refractivity contribution in [1.82, 2.24) is 14.4 Å². The van der Waals surface area contributed by atoms with Gasteiger partial charge in [-0.05, 0) is 37.9 Å². The Balaban J connectivity index is 1.75. The highest BCUT2D eigenvalue weighted by molar-refractivity contribution is 5.93. The first-order valence-electron chi connectivity index (χ1n) is 7.55. The first-order valence-corrected chi connectivity index (χ1v) is 7.55. The van der Waals surface area contributed by atoms with Gasteiger partial charge in [-0.15, -0.1) is 0 Å². The Bertz CT molecular complexity index is 540. The number of aliphatic carboxylic acids is 1. The molecule has 0 spiro atoms. The van der Waals surface area contributed by atoms with Crippen molar-refractivity contribution >= 4 is 11.9 Å². The zero-order valence-electron chi connectivity index (χ0n) is 12.1.